The van der Waals surface area contributed by atoms with Crippen LogP contribution >= 0.6 is 0 Å². The van der Waals surface area contributed by atoms with Gasteiger partial charge in [-0.25, -0.2) is 4.98 Å². The summed E-state index contributed by atoms with van der Waals surface area (Å²) in [6.45, 7) is 2.52. The zero-order valence-electron chi connectivity index (χ0n) is 15.7. The van der Waals surface area contributed by atoms with Gasteiger partial charge in [-0.2, -0.15) is 0 Å². The molecule has 0 spiro atoms. The van der Waals surface area contributed by atoms with Crippen LogP contribution in [0.4, 0.5) is 5.95 Å². The van der Waals surface area contributed by atoms with E-state index in [1.807, 2.05) is 17.6 Å². The van der Waals surface area contributed by atoms with Gasteiger partial charge < -0.3 is 9.47 Å². The Labute approximate surface area is 156 Å². The number of hydrogen-bond donors (Lipinski definition) is 1. The SMILES string of the molecule is CCn1c(NC(=O)c2cccnc2)nc2c(OC)cc(OC)cc2c1=NC. The van der Waals surface area contributed by atoms with Crippen LogP contribution in [0.1, 0.15) is 17.3 Å². The van der Waals surface area contributed by atoms with Gasteiger partial charge in [0.05, 0.1) is 25.2 Å². The summed E-state index contributed by atoms with van der Waals surface area (Å²) in [6, 6.07) is 7.00. The first kappa shape index (κ1) is 18.4. The molecule has 0 radical (unpaired) electrons. The maximum absolute atomic E-state index is 12.6. The topological polar surface area (TPSA) is 90.6 Å². The van der Waals surface area contributed by atoms with Gasteiger partial charge in [-0.3, -0.25) is 24.7 Å². The Kier molecular flexibility index (Phi) is 5.35. The van der Waals surface area contributed by atoms with E-state index in [4.69, 9.17) is 9.47 Å². The molecule has 2 heterocycles. The molecule has 0 saturated heterocycles. The average Bonchev–Trinajstić information content (AvgIpc) is 2.72. The first-order valence-corrected chi connectivity index (χ1v) is 8.43. The van der Waals surface area contributed by atoms with Crippen LogP contribution in [0.25, 0.3) is 10.9 Å². The van der Waals surface area contributed by atoms with E-state index >= 15 is 0 Å². The molecule has 3 aromatic rings. The number of aromatic nitrogens is 3. The van der Waals surface area contributed by atoms with Gasteiger partial charge in [-0.15, -0.1) is 0 Å². The van der Waals surface area contributed by atoms with Crippen molar-refractivity contribution < 1.29 is 14.3 Å². The highest BCUT2D eigenvalue weighted by molar-refractivity contribution is 6.03. The molecular formula is C19H21N5O3. The molecule has 0 unspecified atom stereocenters. The Bertz CT molecular complexity index is 1040. The lowest BCUT2D eigenvalue weighted by atomic mass is 10.2. The van der Waals surface area contributed by atoms with E-state index in [0.29, 0.717) is 40.6 Å². The molecule has 3 rings (SSSR count). The normalized spacial score (nSPS) is 11.5. The summed E-state index contributed by atoms with van der Waals surface area (Å²) in [4.78, 5) is 25.6. The van der Waals surface area contributed by atoms with Gasteiger partial charge in [-0.1, -0.05) is 0 Å². The molecule has 0 atom stereocenters. The van der Waals surface area contributed by atoms with Crippen molar-refractivity contribution in [2.45, 2.75) is 13.5 Å². The van der Waals surface area contributed by atoms with Crippen molar-refractivity contribution in [3.8, 4) is 11.5 Å². The number of nitrogens with one attached hydrogen (secondary N) is 1. The summed E-state index contributed by atoms with van der Waals surface area (Å²) in [7, 11) is 4.85. The van der Waals surface area contributed by atoms with E-state index in [1.54, 1.807) is 45.7 Å². The number of nitrogens with zero attached hydrogens (tertiary/aromatic N) is 4. The number of benzene rings is 1. The van der Waals surface area contributed by atoms with E-state index in [2.05, 4.69) is 20.3 Å². The molecule has 2 aromatic heterocycles. The zero-order valence-corrected chi connectivity index (χ0v) is 15.7. The molecule has 27 heavy (non-hydrogen) atoms. The summed E-state index contributed by atoms with van der Waals surface area (Å²) in [5.41, 5.74) is 1.70. The smallest absolute Gasteiger partial charge is 0.259 e. The number of ether oxygens (including phenoxy) is 2. The Morgan fingerprint density at radius 3 is 2.70 bits per heavy atom. The largest absolute Gasteiger partial charge is 0.497 e. The molecule has 0 saturated carbocycles. The molecule has 0 fully saturated rings. The Hall–Kier alpha value is -3.42. The molecule has 0 bridgehead atoms. The second kappa shape index (κ2) is 7.86. The van der Waals surface area contributed by atoms with Gasteiger partial charge >= 0.3 is 0 Å². The highest BCUT2D eigenvalue weighted by atomic mass is 16.5. The van der Waals surface area contributed by atoms with Crippen LogP contribution in [-0.2, 0) is 6.54 Å². The molecule has 1 N–H and O–H groups in total. The minimum Gasteiger partial charge on any atom is -0.497 e. The fourth-order valence-electron chi connectivity index (χ4n) is 2.86. The maximum atomic E-state index is 12.6. The summed E-state index contributed by atoms with van der Waals surface area (Å²) in [5, 5.41) is 3.62. The van der Waals surface area contributed by atoms with Crippen molar-refractivity contribution in [2.24, 2.45) is 4.99 Å². The standard InChI is InChI=1S/C19H21N5O3/c1-5-24-17(20-2)14-9-13(26-3)10-15(27-4)16(14)22-19(24)23-18(25)12-7-6-8-21-11-12/h6-11H,5H2,1-4H3,(H,22,23,25). The number of anilines is 1. The fraction of sp³-hybridized carbons (Fsp3) is 0.263. The van der Waals surface area contributed by atoms with Crippen LogP contribution in [0.5, 0.6) is 11.5 Å². The van der Waals surface area contributed by atoms with Crippen LogP contribution < -0.4 is 20.3 Å². The lowest BCUT2D eigenvalue weighted by molar-refractivity contribution is 0.102. The third-order valence-corrected chi connectivity index (χ3v) is 4.15. The number of fused-ring (bicyclic) bond motifs is 1. The lowest BCUT2D eigenvalue weighted by Gasteiger charge is -2.16. The number of carbonyl (C=O) groups is 1. The van der Waals surface area contributed by atoms with Gasteiger partial charge in [0.1, 0.15) is 22.5 Å². The van der Waals surface area contributed by atoms with Gasteiger partial charge in [0.2, 0.25) is 5.95 Å². The average molecular weight is 367 g/mol. The van der Waals surface area contributed by atoms with Crippen molar-refractivity contribution in [1.29, 1.82) is 0 Å². The third-order valence-electron chi connectivity index (χ3n) is 4.15. The molecule has 1 aromatic carbocycles. The van der Waals surface area contributed by atoms with Crippen LogP contribution in [0.2, 0.25) is 0 Å². The molecule has 0 aliphatic carbocycles. The molecule has 0 aliphatic rings. The lowest BCUT2D eigenvalue weighted by Crippen LogP contribution is -2.28. The molecule has 0 aliphatic heterocycles. The van der Waals surface area contributed by atoms with E-state index in [1.165, 1.54) is 6.20 Å². The van der Waals surface area contributed by atoms with Crippen molar-refractivity contribution in [3.05, 3.63) is 47.7 Å². The van der Waals surface area contributed by atoms with Crippen LogP contribution in [0.15, 0.2) is 41.7 Å². The minimum absolute atomic E-state index is 0.299. The molecular weight excluding hydrogens is 346 g/mol. The zero-order chi connectivity index (χ0) is 19.4. The predicted molar refractivity (Wildman–Crippen MR) is 102 cm³/mol. The molecule has 140 valence electrons. The summed E-state index contributed by atoms with van der Waals surface area (Å²) in [6.07, 6.45) is 3.12. The van der Waals surface area contributed by atoms with E-state index < -0.39 is 0 Å². The number of pyridine rings is 1. The van der Waals surface area contributed by atoms with E-state index in [0.717, 1.165) is 5.39 Å². The summed E-state index contributed by atoms with van der Waals surface area (Å²) >= 11 is 0. The molecule has 1 amide bonds. The predicted octanol–water partition coefficient (Wildman–Crippen LogP) is 2.25. The number of amides is 1. The summed E-state index contributed by atoms with van der Waals surface area (Å²) in [5.74, 6) is 1.25. The van der Waals surface area contributed by atoms with E-state index in [9.17, 15) is 4.79 Å². The number of methoxy groups -OCH3 is 2. The number of rotatable bonds is 5. The second-order valence-corrected chi connectivity index (χ2v) is 5.65. The number of carbonyl (C=O) groups excluding carboxylic acids is 1. The Balaban J connectivity index is 2.22. The summed E-state index contributed by atoms with van der Waals surface area (Å²) < 4.78 is 12.7. The van der Waals surface area contributed by atoms with Gasteiger partial charge in [0.25, 0.3) is 5.91 Å². The molecule has 8 heteroatoms. The Morgan fingerprint density at radius 1 is 1.30 bits per heavy atom. The molecule has 8 nitrogen and oxygen atoms in total. The first-order valence-electron chi connectivity index (χ1n) is 8.43. The highest BCUT2D eigenvalue weighted by Gasteiger charge is 2.16. The monoisotopic (exact) mass is 367 g/mol. The van der Waals surface area contributed by atoms with Crippen LogP contribution in [0, 0.1) is 0 Å². The van der Waals surface area contributed by atoms with Gasteiger partial charge in [-0.05, 0) is 25.1 Å². The van der Waals surface area contributed by atoms with Crippen molar-refractivity contribution in [1.82, 2.24) is 14.5 Å². The van der Waals surface area contributed by atoms with Gasteiger partial charge in [0.15, 0.2) is 0 Å². The van der Waals surface area contributed by atoms with Crippen LogP contribution in [-0.4, -0.2) is 41.7 Å². The number of hydrogen-bond acceptors (Lipinski definition) is 6. The van der Waals surface area contributed by atoms with Crippen molar-refractivity contribution in [2.75, 3.05) is 26.6 Å². The van der Waals surface area contributed by atoms with Gasteiger partial charge in [0, 0.05) is 32.1 Å². The first-order chi connectivity index (χ1) is 13.1. The second-order valence-electron chi connectivity index (χ2n) is 5.65. The minimum atomic E-state index is -0.299. The van der Waals surface area contributed by atoms with Crippen molar-refractivity contribution >= 4 is 22.8 Å². The quantitative estimate of drug-likeness (QED) is 0.747. The maximum Gasteiger partial charge on any atom is 0.259 e. The Morgan fingerprint density at radius 2 is 2.11 bits per heavy atom. The van der Waals surface area contributed by atoms with Crippen LogP contribution in [0.3, 0.4) is 0 Å². The van der Waals surface area contributed by atoms with E-state index in [-0.39, 0.29) is 5.91 Å². The van der Waals surface area contributed by atoms with Crippen molar-refractivity contribution in [3.63, 3.8) is 0 Å². The fourth-order valence-corrected chi connectivity index (χ4v) is 2.86. The third kappa shape index (κ3) is 3.46. The highest BCUT2D eigenvalue weighted by Crippen LogP contribution is 2.29.